The Balaban J connectivity index is 1.87. The fourth-order valence-corrected chi connectivity index (χ4v) is 3.36. The Morgan fingerprint density at radius 1 is 1.10 bits per heavy atom. The normalized spacial score (nSPS) is 12.3. The molecule has 1 amide bonds. The maximum absolute atomic E-state index is 12.3. The molecule has 2 aromatic rings. The van der Waals surface area contributed by atoms with Crippen molar-refractivity contribution < 1.29 is 14.3 Å². The minimum Gasteiger partial charge on any atom is -0.454 e. The molecule has 21 heavy (non-hydrogen) atoms. The zero-order valence-electron chi connectivity index (χ0n) is 10.7. The summed E-state index contributed by atoms with van der Waals surface area (Å²) in [5.41, 5.74) is 7.42. The molecule has 0 atom stereocenters. The number of nitrogens with one attached hydrogen (secondary N) is 1. The molecule has 0 radical (unpaired) electrons. The van der Waals surface area contributed by atoms with Crippen LogP contribution < -0.4 is 20.5 Å². The van der Waals surface area contributed by atoms with Crippen molar-refractivity contribution in [3.63, 3.8) is 0 Å². The highest BCUT2D eigenvalue weighted by Crippen LogP contribution is 2.35. The third-order valence-corrected chi connectivity index (χ3v) is 4.19. The lowest BCUT2D eigenvalue weighted by Crippen LogP contribution is -2.12. The van der Waals surface area contributed by atoms with Gasteiger partial charge in [-0.1, -0.05) is 0 Å². The van der Waals surface area contributed by atoms with E-state index in [4.69, 9.17) is 15.2 Å². The summed E-state index contributed by atoms with van der Waals surface area (Å²) in [5.74, 6) is 0.957. The summed E-state index contributed by atoms with van der Waals surface area (Å²) in [4.78, 5) is 12.3. The highest BCUT2D eigenvalue weighted by molar-refractivity contribution is 9.11. The topological polar surface area (TPSA) is 73.6 Å². The molecule has 5 nitrogen and oxygen atoms in total. The van der Waals surface area contributed by atoms with Crippen LogP contribution in [0.2, 0.25) is 0 Å². The molecule has 108 valence electrons. The van der Waals surface area contributed by atoms with E-state index >= 15 is 0 Å². The predicted octanol–water partition coefficient (Wildman–Crippen LogP) is 3.77. The standard InChI is InChI=1S/C14H10Br2N2O3/c15-9-4-8(17)5-10(16)13(9)18-14(19)7-1-2-11-12(3-7)21-6-20-11/h1-5H,6,17H2,(H,18,19). The summed E-state index contributed by atoms with van der Waals surface area (Å²) in [6, 6.07) is 8.49. The van der Waals surface area contributed by atoms with Gasteiger partial charge in [-0.15, -0.1) is 0 Å². The molecule has 0 unspecified atom stereocenters. The zero-order valence-corrected chi connectivity index (χ0v) is 13.8. The summed E-state index contributed by atoms with van der Waals surface area (Å²) < 4.78 is 11.9. The van der Waals surface area contributed by atoms with Gasteiger partial charge < -0.3 is 20.5 Å². The van der Waals surface area contributed by atoms with E-state index in [2.05, 4.69) is 37.2 Å². The molecule has 2 aromatic carbocycles. The van der Waals surface area contributed by atoms with Crippen molar-refractivity contribution in [2.45, 2.75) is 0 Å². The van der Waals surface area contributed by atoms with E-state index in [9.17, 15) is 4.79 Å². The lowest BCUT2D eigenvalue weighted by molar-refractivity contribution is 0.102. The van der Waals surface area contributed by atoms with Gasteiger partial charge >= 0.3 is 0 Å². The summed E-state index contributed by atoms with van der Waals surface area (Å²) in [5, 5.41) is 2.83. The van der Waals surface area contributed by atoms with E-state index in [1.165, 1.54) is 0 Å². The molecule has 1 heterocycles. The first-order valence-electron chi connectivity index (χ1n) is 6.00. The van der Waals surface area contributed by atoms with Gasteiger partial charge in [-0.05, 0) is 62.2 Å². The molecule has 3 rings (SSSR count). The predicted molar refractivity (Wildman–Crippen MR) is 86.8 cm³/mol. The van der Waals surface area contributed by atoms with Crippen LogP contribution in [-0.4, -0.2) is 12.7 Å². The number of halogens is 2. The maximum Gasteiger partial charge on any atom is 0.255 e. The van der Waals surface area contributed by atoms with E-state index < -0.39 is 0 Å². The zero-order chi connectivity index (χ0) is 15.0. The monoisotopic (exact) mass is 412 g/mol. The molecule has 0 saturated carbocycles. The number of benzene rings is 2. The second-order valence-electron chi connectivity index (χ2n) is 4.38. The molecule has 0 fully saturated rings. The molecule has 0 bridgehead atoms. The van der Waals surface area contributed by atoms with Gasteiger partial charge in [0.05, 0.1) is 5.69 Å². The fourth-order valence-electron chi connectivity index (χ4n) is 1.94. The number of carbonyl (C=O) groups excluding carboxylic acids is 1. The van der Waals surface area contributed by atoms with Crippen LogP contribution in [0.15, 0.2) is 39.3 Å². The first kappa shape index (κ1) is 14.2. The van der Waals surface area contributed by atoms with Crippen LogP contribution in [0.25, 0.3) is 0 Å². The van der Waals surface area contributed by atoms with Crippen LogP contribution >= 0.6 is 31.9 Å². The third kappa shape index (κ3) is 2.84. The van der Waals surface area contributed by atoms with Crippen molar-refractivity contribution in [3.05, 3.63) is 44.8 Å². The molecule has 0 aromatic heterocycles. The van der Waals surface area contributed by atoms with Gasteiger partial charge in [0, 0.05) is 20.2 Å². The van der Waals surface area contributed by atoms with Crippen LogP contribution in [0.4, 0.5) is 11.4 Å². The van der Waals surface area contributed by atoms with Gasteiger partial charge in [0.1, 0.15) is 0 Å². The van der Waals surface area contributed by atoms with Crippen LogP contribution in [0.1, 0.15) is 10.4 Å². The number of nitrogens with two attached hydrogens (primary N) is 1. The number of carbonyl (C=O) groups is 1. The molecule has 1 aliphatic rings. The molecule has 3 N–H and O–H groups in total. The Morgan fingerprint density at radius 2 is 1.76 bits per heavy atom. The Bertz CT molecular complexity index is 711. The Labute approximate surface area is 137 Å². The highest BCUT2D eigenvalue weighted by atomic mass is 79.9. The van der Waals surface area contributed by atoms with E-state index in [0.717, 1.165) is 0 Å². The first-order chi connectivity index (χ1) is 10.0. The average molecular weight is 414 g/mol. The van der Waals surface area contributed by atoms with Crippen molar-refractivity contribution >= 4 is 49.1 Å². The Morgan fingerprint density at radius 3 is 2.48 bits per heavy atom. The summed E-state index contributed by atoms with van der Waals surface area (Å²) in [7, 11) is 0. The van der Waals surface area contributed by atoms with Crippen LogP contribution in [0, 0.1) is 0 Å². The smallest absolute Gasteiger partial charge is 0.255 e. The third-order valence-electron chi connectivity index (χ3n) is 2.94. The van der Waals surface area contributed by atoms with Gasteiger partial charge in [-0.2, -0.15) is 0 Å². The van der Waals surface area contributed by atoms with Crippen LogP contribution in [-0.2, 0) is 0 Å². The van der Waals surface area contributed by atoms with Gasteiger partial charge in [-0.25, -0.2) is 0 Å². The quantitative estimate of drug-likeness (QED) is 0.735. The van der Waals surface area contributed by atoms with Gasteiger partial charge in [-0.3, -0.25) is 4.79 Å². The molecule has 0 aliphatic carbocycles. The molecule has 0 saturated heterocycles. The number of rotatable bonds is 2. The molecular formula is C14H10Br2N2O3. The molecule has 0 spiro atoms. The molecule has 1 aliphatic heterocycles. The Kier molecular flexibility index (Phi) is 3.77. The van der Waals surface area contributed by atoms with Crippen molar-refractivity contribution in [2.24, 2.45) is 0 Å². The lowest BCUT2D eigenvalue weighted by atomic mass is 10.2. The number of amides is 1. The fraction of sp³-hybridized carbons (Fsp3) is 0.0714. The van der Waals surface area contributed by atoms with E-state index in [-0.39, 0.29) is 12.7 Å². The number of hydrogen-bond donors (Lipinski definition) is 2. The van der Waals surface area contributed by atoms with Crippen molar-refractivity contribution in [1.82, 2.24) is 0 Å². The first-order valence-corrected chi connectivity index (χ1v) is 7.59. The van der Waals surface area contributed by atoms with Crippen molar-refractivity contribution in [1.29, 1.82) is 0 Å². The highest BCUT2D eigenvalue weighted by Gasteiger charge is 2.17. The number of nitrogen functional groups attached to an aromatic ring is 1. The number of hydrogen-bond acceptors (Lipinski definition) is 4. The number of fused-ring (bicyclic) bond motifs is 1. The maximum atomic E-state index is 12.3. The average Bonchev–Trinajstić information content (AvgIpc) is 2.89. The van der Waals surface area contributed by atoms with Crippen molar-refractivity contribution in [2.75, 3.05) is 17.8 Å². The van der Waals surface area contributed by atoms with Crippen LogP contribution in [0.5, 0.6) is 11.5 Å². The largest absolute Gasteiger partial charge is 0.454 e. The van der Waals surface area contributed by atoms with E-state index in [0.29, 0.717) is 37.4 Å². The van der Waals surface area contributed by atoms with E-state index in [1.807, 2.05) is 0 Å². The summed E-state index contributed by atoms with van der Waals surface area (Å²) in [6.07, 6.45) is 0. The lowest BCUT2D eigenvalue weighted by Gasteiger charge is -2.11. The van der Waals surface area contributed by atoms with Gasteiger partial charge in [0.25, 0.3) is 5.91 Å². The summed E-state index contributed by atoms with van der Waals surface area (Å²) >= 11 is 6.76. The Hall–Kier alpha value is -1.73. The van der Waals surface area contributed by atoms with Crippen LogP contribution in [0.3, 0.4) is 0 Å². The number of ether oxygens (including phenoxy) is 2. The summed E-state index contributed by atoms with van der Waals surface area (Å²) in [6.45, 7) is 0.176. The second kappa shape index (κ2) is 5.57. The van der Waals surface area contributed by atoms with Gasteiger partial charge in [0.15, 0.2) is 11.5 Å². The van der Waals surface area contributed by atoms with Gasteiger partial charge in [0.2, 0.25) is 6.79 Å². The minimum absolute atomic E-state index is 0.176. The van der Waals surface area contributed by atoms with E-state index in [1.54, 1.807) is 30.3 Å². The second-order valence-corrected chi connectivity index (χ2v) is 6.09. The minimum atomic E-state index is -0.250. The molecular weight excluding hydrogens is 404 g/mol. The number of anilines is 2. The SMILES string of the molecule is Nc1cc(Br)c(NC(=O)c2ccc3c(c2)OCO3)c(Br)c1. The molecule has 7 heteroatoms. The van der Waals surface area contributed by atoms with Crippen molar-refractivity contribution in [3.8, 4) is 11.5 Å².